The van der Waals surface area contributed by atoms with Gasteiger partial charge in [-0.05, 0) is 51.7 Å². The van der Waals surface area contributed by atoms with Gasteiger partial charge in [-0.1, -0.05) is 13.0 Å². The van der Waals surface area contributed by atoms with Crippen LogP contribution in [-0.4, -0.2) is 36.7 Å². The van der Waals surface area contributed by atoms with Crippen molar-refractivity contribution in [1.82, 2.24) is 9.47 Å². The van der Waals surface area contributed by atoms with Crippen molar-refractivity contribution in [2.75, 3.05) is 27.2 Å². The molecule has 0 saturated heterocycles. The highest BCUT2D eigenvalue weighted by atomic mass is 16.5. The van der Waals surface area contributed by atoms with E-state index in [9.17, 15) is 0 Å². The van der Waals surface area contributed by atoms with E-state index in [0.717, 1.165) is 38.3 Å². The van der Waals surface area contributed by atoms with E-state index in [1.165, 1.54) is 10.9 Å². The molecule has 3 heteroatoms. The molecule has 0 bridgehead atoms. The predicted octanol–water partition coefficient (Wildman–Crippen LogP) is 3.38. The molecule has 1 aromatic carbocycles. The van der Waals surface area contributed by atoms with Crippen molar-refractivity contribution in [3.8, 4) is 5.75 Å². The van der Waals surface area contributed by atoms with E-state index >= 15 is 0 Å². The fourth-order valence-corrected chi connectivity index (χ4v) is 2.29. The number of aromatic nitrogens is 1. The summed E-state index contributed by atoms with van der Waals surface area (Å²) < 4.78 is 8.12. The van der Waals surface area contributed by atoms with Gasteiger partial charge in [0.05, 0.1) is 12.1 Å². The second-order valence-corrected chi connectivity index (χ2v) is 5.20. The van der Waals surface area contributed by atoms with Crippen molar-refractivity contribution in [2.24, 2.45) is 0 Å². The van der Waals surface area contributed by atoms with Gasteiger partial charge in [0.15, 0.2) is 0 Å². The minimum atomic E-state index is 0.783. The first-order chi connectivity index (χ1) is 9.22. The molecule has 0 saturated carbocycles. The van der Waals surface area contributed by atoms with Crippen LogP contribution in [0.5, 0.6) is 5.75 Å². The second kappa shape index (κ2) is 6.62. The van der Waals surface area contributed by atoms with Gasteiger partial charge >= 0.3 is 0 Å². The van der Waals surface area contributed by atoms with Gasteiger partial charge in [0.25, 0.3) is 0 Å². The molecule has 2 rings (SSSR count). The summed E-state index contributed by atoms with van der Waals surface area (Å²) in [5, 5.41) is 1.22. The van der Waals surface area contributed by atoms with Crippen LogP contribution in [0.3, 0.4) is 0 Å². The number of fused-ring (bicyclic) bond motifs is 1. The van der Waals surface area contributed by atoms with E-state index in [4.69, 9.17) is 4.74 Å². The van der Waals surface area contributed by atoms with Gasteiger partial charge in [-0.15, -0.1) is 0 Å². The smallest absolute Gasteiger partial charge is 0.128 e. The fraction of sp³-hybridized carbons (Fsp3) is 0.500. The number of rotatable bonds is 7. The SMILES string of the molecule is CCCOc1cccc2c1ccn2CCCN(C)C. The van der Waals surface area contributed by atoms with E-state index in [1.54, 1.807) is 0 Å². The lowest BCUT2D eigenvalue weighted by atomic mass is 10.2. The first-order valence-corrected chi connectivity index (χ1v) is 7.07. The summed E-state index contributed by atoms with van der Waals surface area (Å²) in [5.41, 5.74) is 1.27. The Morgan fingerprint density at radius 3 is 2.79 bits per heavy atom. The largest absolute Gasteiger partial charge is 0.493 e. The van der Waals surface area contributed by atoms with Crippen molar-refractivity contribution in [3.63, 3.8) is 0 Å². The van der Waals surface area contributed by atoms with Gasteiger partial charge in [-0.25, -0.2) is 0 Å². The molecular formula is C16H24N2O. The van der Waals surface area contributed by atoms with E-state index in [2.05, 4.69) is 60.9 Å². The number of hydrogen-bond acceptors (Lipinski definition) is 2. The highest BCUT2D eigenvalue weighted by Gasteiger charge is 2.06. The van der Waals surface area contributed by atoms with Crippen LogP contribution in [0.1, 0.15) is 19.8 Å². The Kier molecular flexibility index (Phi) is 4.86. The Labute approximate surface area is 115 Å². The molecule has 0 fully saturated rings. The summed E-state index contributed by atoms with van der Waals surface area (Å²) in [6.07, 6.45) is 4.37. The number of nitrogens with zero attached hydrogens (tertiary/aromatic N) is 2. The maximum atomic E-state index is 5.80. The van der Waals surface area contributed by atoms with Crippen molar-refractivity contribution < 1.29 is 4.74 Å². The minimum absolute atomic E-state index is 0.783. The zero-order valence-electron chi connectivity index (χ0n) is 12.2. The van der Waals surface area contributed by atoms with E-state index < -0.39 is 0 Å². The molecule has 3 nitrogen and oxygen atoms in total. The molecule has 104 valence electrons. The van der Waals surface area contributed by atoms with Gasteiger partial charge in [0, 0.05) is 18.1 Å². The first kappa shape index (κ1) is 13.9. The molecule has 0 spiro atoms. The Morgan fingerprint density at radius 1 is 1.21 bits per heavy atom. The molecule has 0 radical (unpaired) electrons. The highest BCUT2D eigenvalue weighted by molar-refractivity contribution is 5.86. The van der Waals surface area contributed by atoms with Gasteiger partial charge in [-0.2, -0.15) is 0 Å². The highest BCUT2D eigenvalue weighted by Crippen LogP contribution is 2.26. The van der Waals surface area contributed by atoms with Gasteiger partial charge in [-0.3, -0.25) is 0 Å². The summed E-state index contributed by atoms with van der Waals surface area (Å²) in [6.45, 7) is 5.09. The van der Waals surface area contributed by atoms with Crippen molar-refractivity contribution >= 4 is 10.9 Å². The number of hydrogen-bond donors (Lipinski definition) is 0. The predicted molar refractivity (Wildman–Crippen MR) is 80.9 cm³/mol. The molecule has 1 heterocycles. The van der Waals surface area contributed by atoms with Gasteiger partial charge < -0.3 is 14.2 Å². The molecule has 0 atom stereocenters. The maximum absolute atomic E-state index is 5.80. The normalized spacial score (nSPS) is 11.4. The molecule has 19 heavy (non-hydrogen) atoms. The number of ether oxygens (including phenoxy) is 1. The molecule has 0 aliphatic rings. The molecule has 1 aromatic heterocycles. The number of benzene rings is 1. The van der Waals surface area contributed by atoms with Crippen LogP contribution in [0, 0.1) is 0 Å². The average Bonchev–Trinajstić information content (AvgIpc) is 2.80. The third-order valence-electron chi connectivity index (χ3n) is 3.24. The second-order valence-electron chi connectivity index (χ2n) is 5.20. The van der Waals surface area contributed by atoms with E-state index in [0.29, 0.717) is 0 Å². The third-order valence-corrected chi connectivity index (χ3v) is 3.24. The zero-order chi connectivity index (χ0) is 13.7. The quantitative estimate of drug-likeness (QED) is 0.759. The van der Waals surface area contributed by atoms with Crippen molar-refractivity contribution in [1.29, 1.82) is 0 Å². The Bertz CT molecular complexity index is 516. The molecule has 0 unspecified atom stereocenters. The zero-order valence-corrected chi connectivity index (χ0v) is 12.2. The summed E-state index contributed by atoms with van der Waals surface area (Å²) in [4.78, 5) is 2.22. The lowest BCUT2D eigenvalue weighted by Gasteiger charge is -2.11. The average molecular weight is 260 g/mol. The van der Waals surface area contributed by atoms with Crippen LogP contribution in [0.15, 0.2) is 30.5 Å². The third kappa shape index (κ3) is 3.51. The molecular weight excluding hydrogens is 236 g/mol. The van der Waals surface area contributed by atoms with Gasteiger partial charge in [0.2, 0.25) is 0 Å². The van der Waals surface area contributed by atoms with E-state index in [1.807, 2.05) is 0 Å². The van der Waals surface area contributed by atoms with Gasteiger partial charge in [0.1, 0.15) is 5.75 Å². The molecule has 0 aliphatic carbocycles. The maximum Gasteiger partial charge on any atom is 0.128 e. The first-order valence-electron chi connectivity index (χ1n) is 7.07. The van der Waals surface area contributed by atoms with Crippen LogP contribution in [-0.2, 0) is 6.54 Å². The van der Waals surface area contributed by atoms with Crippen molar-refractivity contribution in [3.05, 3.63) is 30.5 Å². The van der Waals surface area contributed by atoms with Crippen LogP contribution >= 0.6 is 0 Å². The Balaban J connectivity index is 2.13. The minimum Gasteiger partial charge on any atom is -0.493 e. The standard InChI is InChI=1S/C16H24N2O/c1-4-13-19-16-8-5-7-15-14(16)9-12-18(15)11-6-10-17(2)3/h5,7-9,12H,4,6,10-11,13H2,1-3H3. The molecule has 2 aromatic rings. The number of aryl methyl sites for hydroxylation is 1. The summed E-state index contributed by atoms with van der Waals surface area (Å²) in [7, 11) is 4.23. The summed E-state index contributed by atoms with van der Waals surface area (Å²) in [6, 6.07) is 8.47. The lowest BCUT2D eigenvalue weighted by molar-refractivity contribution is 0.321. The topological polar surface area (TPSA) is 17.4 Å². The Hall–Kier alpha value is -1.48. The summed E-state index contributed by atoms with van der Waals surface area (Å²) >= 11 is 0. The molecule has 0 amide bonds. The molecule has 0 N–H and O–H groups in total. The van der Waals surface area contributed by atoms with E-state index in [-0.39, 0.29) is 0 Å². The monoisotopic (exact) mass is 260 g/mol. The summed E-state index contributed by atoms with van der Waals surface area (Å²) in [5.74, 6) is 1.01. The molecule has 0 aliphatic heterocycles. The van der Waals surface area contributed by atoms with Crippen molar-refractivity contribution in [2.45, 2.75) is 26.3 Å². The van der Waals surface area contributed by atoms with Crippen LogP contribution in [0.25, 0.3) is 10.9 Å². The van der Waals surface area contributed by atoms with Crippen LogP contribution in [0.2, 0.25) is 0 Å². The Morgan fingerprint density at radius 2 is 2.05 bits per heavy atom. The van der Waals surface area contributed by atoms with Crippen LogP contribution in [0.4, 0.5) is 0 Å². The fourth-order valence-electron chi connectivity index (χ4n) is 2.29. The lowest BCUT2D eigenvalue weighted by Crippen LogP contribution is -2.14. The van der Waals surface area contributed by atoms with Crippen LogP contribution < -0.4 is 4.74 Å².